The number of alkyl halides is 2. The van der Waals surface area contributed by atoms with Gasteiger partial charge in [-0.05, 0) is 23.3 Å². The number of rotatable bonds is 4. The summed E-state index contributed by atoms with van der Waals surface area (Å²) in [5, 5.41) is 1.57. The number of hydrogen-bond acceptors (Lipinski definition) is 1. The summed E-state index contributed by atoms with van der Waals surface area (Å²) in [6.45, 7) is 3.86. The second kappa shape index (κ2) is 5.80. The first-order valence-electron chi connectivity index (χ1n) is 4.87. The molecule has 1 rings (SSSR count). The second-order valence-electron chi connectivity index (χ2n) is 3.82. The molecule has 15 heavy (non-hydrogen) atoms. The van der Waals surface area contributed by atoms with Gasteiger partial charge in [-0.25, -0.2) is 0 Å². The molecule has 0 atom stereocenters. The SMILES string of the molecule is CC(C)C(=O)c1cc(CBr)cc(CBr)c1. The maximum absolute atomic E-state index is 11.9. The van der Waals surface area contributed by atoms with Crippen molar-refractivity contribution in [1.29, 1.82) is 0 Å². The summed E-state index contributed by atoms with van der Waals surface area (Å²) in [5.74, 6) is 0.263. The van der Waals surface area contributed by atoms with Gasteiger partial charge in [0.2, 0.25) is 0 Å². The molecule has 1 aromatic rings. The first kappa shape index (κ1) is 12.9. The molecule has 0 saturated carbocycles. The highest BCUT2D eigenvalue weighted by Crippen LogP contribution is 2.18. The maximum Gasteiger partial charge on any atom is 0.165 e. The summed E-state index contributed by atoms with van der Waals surface area (Å²) >= 11 is 6.83. The van der Waals surface area contributed by atoms with Gasteiger partial charge >= 0.3 is 0 Å². The Balaban J connectivity index is 3.12. The average Bonchev–Trinajstić information content (AvgIpc) is 2.27. The molecule has 0 aliphatic heterocycles. The van der Waals surface area contributed by atoms with Gasteiger partial charge in [0.05, 0.1) is 0 Å². The molecule has 0 aromatic heterocycles. The van der Waals surface area contributed by atoms with Gasteiger partial charge in [-0.1, -0.05) is 51.8 Å². The molecule has 0 radical (unpaired) electrons. The molecule has 3 heteroatoms. The van der Waals surface area contributed by atoms with Gasteiger partial charge in [0.1, 0.15) is 0 Å². The summed E-state index contributed by atoms with van der Waals surface area (Å²) in [6.07, 6.45) is 0. The Hall–Kier alpha value is -0.150. The van der Waals surface area contributed by atoms with E-state index in [1.165, 1.54) is 0 Å². The first-order chi connectivity index (χ1) is 7.08. The van der Waals surface area contributed by atoms with Gasteiger partial charge in [0, 0.05) is 22.1 Å². The van der Waals surface area contributed by atoms with Crippen LogP contribution in [0.2, 0.25) is 0 Å². The predicted molar refractivity (Wildman–Crippen MR) is 70.9 cm³/mol. The third-order valence-electron chi connectivity index (χ3n) is 2.17. The first-order valence-corrected chi connectivity index (χ1v) is 7.11. The lowest BCUT2D eigenvalue weighted by atomic mass is 9.98. The number of Topliss-reactive ketones (excluding diaryl/α,β-unsaturated/α-hetero) is 1. The van der Waals surface area contributed by atoms with Crippen LogP contribution in [0, 0.1) is 5.92 Å². The Morgan fingerprint density at radius 2 is 1.60 bits per heavy atom. The lowest BCUT2D eigenvalue weighted by Gasteiger charge is -2.08. The van der Waals surface area contributed by atoms with E-state index in [0.29, 0.717) is 0 Å². The Kier molecular flexibility index (Phi) is 5.00. The van der Waals surface area contributed by atoms with Crippen molar-refractivity contribution in [2.45, 2.75) is 24.5 Å². The predicted octanol–water partition coefficient (Wildman–Crippen LogP) is 4.32. The van der Waals surface area contributed by atoms with E-state index in [1.807, 2.05) is 26.0 Å². The fourth-order valence-corrected chi connectivity index (χ4v) is 2.04. The third-order valence-corrected chi connectivity index (χ3v) is 3.47. The molecular weight excluding hydrogens is 320 g/mol. The van der Waals surface area contributed by atoms with Crippen LogP contribution in [0.5, 0.6) is 0 Å². The Bertz CT molecular complexity index is 336. The van der Waals surface area contributed by atoms with E-state index in [-0.39, 0.29) is 11.7 Å². The Morgan fingerprint density at radius 1 is 1.13 bits per heavy atom. The zero-order chi connectivity index (χ0) is 11.4. The zero-order valence-electron chi connectivity index (χ0n) is 8.89. The zero-order valence-corrected chi connectivity index (χ0v) is 12.1. The summed E-state index contributed by atoms with van der Waals surface area (Å²) in [6, 6.07) is 6.02. The van der Waals surface area contributed by atoms with E-state index < -0.39 is 0 Å². The minimum absolute atomic E-state index is 0.0544. The van der Waals surface area contributed by atoms with Crippen LogP contribution < -0.4 is 0 Å². The van der Waals surface area contributed by atoms with Gasteiger partial charge in [0.15, 0.2) is 5.78 Å². The molecule has 0 unspecified atom stereocenters. The molecule has 0 saturated heterocycles. The Labute approximate surface area is 108 Å². The fraction of sp³-hybridized carbons (Fsp3) is 0.417. The van der Waals surface area contributed by atoms with E-state index in [9.17, 15) is 4.79 Å². The van der Waals surface area contributed by atoms with E-state index in [0.717, 1.165) is 27.4 Å². The van der Waals surface area contributed by atoms with Crippen molar-refractivity contribution >= 4 is 37.6 Å². The van der Waals surface area contributed by atoms with Gasteiger partial charge in [-0.15, -0.1) is 0 Å². The molecular formula is C12H14Br2O. The normalized spacial score (nSPS) is 10.7. The molecule has 82 valence electrons. The van der Waals surface area contributed by atoms with Crippen LogP contribution in [-0.2, 0) is 10.7 Å². The van der Waals surface area contributed by atoms with Gasteiger partial charge in [-0.2, -0.15) is 0 Å². The summed E-state index contributed by atoms with van der Waals surface area (Å²) in [4.78, 5) is 11.9. The van der Waals surface area contributed by atoms with Crippen LogP contribution in [0.3, 0.4) is 0 Å². The quantitative estimate of drug-likeness (QED) is 0.592. The molecule has 0 N–H and O–H groups in total. The number of carbonyl (C=O) groups excluding carboxylic acids is 1. The monoisotopic (exact) mass is 332 g/mol. The fourth-order valence-electron chi connectivity index (χ4n) is 1.39. The van der Waals surface area contributed by atoms with Crippen LogP contribution >= 0.6 is 31.9 Å². The minimum Gasteiger partial charge on any atom is -0.294 e. The van der Waals surface area contributed by atoms with E-state index >= 15 is 0 Å². The molecule has 0 heterocycles. The minimum atomic E-state index is 0.0544. The van der Waals surface area contributed by atoms with E-state index in [2.05, 4.69) is 37.9 Å². The Morgan fingerprint density at radius 3 is 1.93 bits per heavy atom. The number of hydrogen-bond donors (Lipinski definition) is 0. The van der Waals surface area contributed by atoms with Crippen molar-refractivity contribution in [3.63, 3.8) is 0 Å². The van der Waals surface area contributed by atoms with Crippen LogP contribution in [0.4, 0.5) is 0 Å². The van der Waals surface area contributed by atoms with Gasteiger partial charge in [-0.3, -0.25) is 4.79 Å². The van der Waals surface area contributed by atoms with Crippen molar-refractivity contribution in [2.75, 3.05) is 0 Å². The van der Waals surface area contributed by atoms with Crippen LogP contribution in [-0.4, -0.2) is 5.78 Å². The number of carbonyl (C=O) groups is 1. The molecule has 0 fully saturated rings. The molecule has 0 aliphatic carbocycles. The molecule has 1 nitrogen and oxygen atoms in total. The number of ketones is 1. The number of benzene rings is 1. The van der Waals surface area contributed by atoms with Crippen molar-refractivity contribution < 1.29 is 4.79 Å². The summed E-state index contributed by atoms with van der Waals surface area (Å²) in [7, 11) is 0. The smallest absolute Gasteiger partial charge is 0.165 e. The highest BCUT2D eigenvalue weighted by atomic mass is 79.9. The lowest BCUT2D eigenvalue weighted by molar-refractivity contribution is 0.0939. The van der Waals surface area contributed by atoms with Crippen molar-refractivity contribution in [2.24, 2.45) is 5.92 Å². The van der Waals surface area contributed by atoms with Crippen molar-refractivity contribution in [1.82, 2.24) is 0 Å². The van der Waals surface area contributed by atoms with Crippen LogP contribution in [0.25, 0.3) is 0 Å². The second-order valence-corrected chi connectivity index (χ2v) is 4.95. The highest BCUT2D eigenvalue weighted by molar-refractivity contribution is 9.08. The topological polar surface area (TPSA) is 17.1 Å². The van der Waals surface area contributed by atoms with Crippen molar-refractivity contribution in [3.05, 3.63) is 34.9 Å². The highest BCUT2D eigenvalue weighted by Gasteiger charge is 2.11. The third kappa shape index (κ3) is 3.42. The lowest BCUT2D eigenvalue weighted by Crippen LogP contribution is -2.08. The van der Waals surface area contributed by atoms with E-state index in [1.54, 1.807) is 0 Å². The molecule has 0 spiro atoms. The van der Waals surface area contributed by atoms with Gasteiger partial charge in [0.25, 0.3) is 0 Å². The van der Waals surface area contributed by atoms with E-state index in [4.69, 9.17) is 0 Å². The van der Waals surface area contributed by atoms with Gasteiger partial charge < -0.3 is 0 Å². The molecule has 1 aromatic carbocycles. The summed E-state index contributed by atoms with van der Waals surface area (Å²) in [5.41, 5.74) is 3.11. The van der Waals surface area contributed by atoms with Crippen LogP contribution in [0.1, 0.15) is 35.3 Å². The average molecular weight is 334 g/mol. The number of halogens is 2. The maximum atomic E-state index is 11.9. The molecule has 0 amide bonds. The molecule has 0 bridgehead atoms. The molecule has 0 aliphatic rings. The largest absolute Gasteiger partial charge is 0.294 e. The van der Waals surface area contributed by atoms with Crippen LogP contribution in [0.15, 0.2) is 18.2 Å². The summed E-state index contributed by atoms with van der Waals surface area (Å²) < 4.78 is 0. The van der Waals surface area contributed by atoms with Crippen molar-refractivity contribution in [3.8, 4) is 0 Å². The standard InChI is InChI=1S/C12H14Br2O/c1-8(2)12(15)11-4-9(6-13)3-10(5-11)7-14/h3-5,8H,6-7H2,1-2H3.